The van der Waals surface area contributed by atoms with Crippen LogP contribution >= 0.6 is 0 Å². The van der Waals surface area contributed by atoms with Gasteiger partial charge in [-0.3, -0.25) is 4.79 Å². The predicted molar refractivity (Wildman–Crippen MR) is 142 cm³/mol. The number of fused-ring (bicyclic) bond motifs is 1. The van der Waals surface area contributed by atoms with E-state index in [2.05, 4.69) is 26.3 Å². The molecule has 2 aliphatic rings. The number of nitrogens with one attached hydrogen (secondary N) is 1. The first kappa shape index (κ1) is 24.1. The summed E-state index contributed by atoms with van der Waals surface area (Å²) in [6, 6.07) is 16.8. The van der Waals surface area contributed by atoms with E-state index in [-0.39, 0.29) is 5.91 Å². The average molecular weight is 510 g/mol. The number of halogens is 1. The van der Waals surface area contributed by atoms with E-state index in [1.165, 1.54) is 0 Å². The molecular formula is C30H28FN5O2. The quantitative estimate of drug-likeness (QED) is 0.341. The third kappa shape index (κ3) is 4.97. The number of nitrogens with zero attached hydrogens (tertiary/aromatic N) is 4. The molecule has 2 aromatic heterocycles. The van der Waals surface area contributed by atoms with E-state index in [1.54, 1.807) is 30.5 Å². The van der Waals surface area contributed by atoms with Gasteiger partial charge in [-0.05, 0) is 80.0 Å². The molecular weight excluding hydrogens is 481 g/mol. The van der Waals surface area contributed by atoms with Crippen molar-refractivity contribution < 1.29 is 13.6 Å². The Balaban J connectivity index is 1.06. The molecule has 1 saturated heterocycles. The fraction of sp³-hybridized carbons (Fsp3) is 0.333. The average Bonchev–Trinajstić information content (AvgIpc) is 3.73. The van der Waals surface area contributed by atoms with Gasteiger partial charge in [0.25, 0.3) is 5.91 Å². The molecule has 7 nitrogen and oxygen atoms in total. The van der Waals surface area contributed by atoms with Gasteiger partial charge in [0.1, 0.15) is 18.0 Å². The van der Waals surface area contributed by atoms with Gasteiger partial charge in [-0.1, -0.05) is 6.07 Å². The number of hydrogen-bond acceptors (Lipinski definition) is 6. The minimum Gasteiger partial charge on any atom is -0.436 e. The third-order valence-electron chi connectivity index (χ3n) is 7.51. The number of aromatic nitrogens is 2. The van der Waals surface area contributed by atoms with Crippen molar-refractivity contribution in [2.75, 3.05) is 24.5 Å². The summed E-state index contributed by atoms with van der Waals surface area (Å²) in [7, 11) is 0. The molecule has 38 heavy (non-hydrogen) atoms. The van der Waals surface area contributed by atoms with Gasteiger partial charge < -0.3 is 14.6 Å². The van der Waals surface area contributed by atoms with Crippen molar-refractivity contribution >= 4 is 22.8 Å². The zero-order valence-electron chi connectivity index (χ0n) is 21.0. The second kappa shape index (κ2) is 10.3. The zero-order chi connectivity index (χ0) is 26.1. The van der Waals surface area contributed by atoms with E-state index < -0.39 is 6.67 Å². The number of nitriles is 1. The molecule has 0 bridgehead atoms. The van der Waals surface area contributed by atoms with E-state index in [0.717, 1.165) is 61.3 Å². The first-order valence-corrected chi connectivity index (χ1v) is 13.1. The van der Waals surface area contributed by atoms with Crippen molar-refractivity contribution in [1.82, 2.24) is 15.3 Å². The summed E-state index contributed by atoms with van der Waals surface area (Å²) in [4.78, 5) is 24.0. The minimum atomic E-state index is -0.500. The molecule has 2 aromatic carbocycles. The van der Waals surface area contributed by atoms with Crippen LogP contribution in [0.4, 0.5) is 10.2 Å². The molecule has 1 saturated carbocycles. The number of benzene rings is 2. The van der Waals surface area contributed by atoms with Gasteiger partial charge in [0.2, 0.25) is 5.89 Å². The number of pyridine rings is 1. The Kier molecular flexibility index (Phi) is 6.50. The zero-order valence-corrected chi connectivity index (χ0v) is 21.0. The normalized spacial score (nSPS) is 15.9. The van der Waals surface area contributed by atoms with E-state index in [9.17, 15) is 14.4 Å². The Morgan fingerprint density at radius 1 is 1.11 bits per heavy atom. The number of anilines is 1. The van der Waals surface area contributed by atoms with E-state index in [4.69, 9.17) is 4.42 Å². The monoisotopic (exact) mass is 509 g/mol. The molecule has 1 aliphatic heterocycles. The van der Waals surface area contributed by atoms with Gasteiger partial charge in [0, 0.05) is 48.1 Å². The summed E-state index contributed by atoms with van der Waals surface area (Å²) < 4.78 is 18.8. The summed E-state index contributed by atoms with van der Waals surface area (Å²) >= 11 is 0. The van der Waals surface area contributed by atoms with Crippen LogP contribution < -0.4 is 10.2 Å². The van der Waals surface area contributed by atoms with Crippen molar-refractivity contribution in [2.24, 2.45) is 5.92 Å². The van der Waals surface area contributed by atoms with Gasteiger partial charge in [0.05, 0.1) is 11.6 Å². The Morgan fingerprint density at radius 2 is 1.89 bits per heavy atom. The number of rotatable bonds is 7. The Bertz CT molecular complexity index is 1490. The number of alkyl halides is 1. The highest BCUT2D eigenvalue weighted by Gasteiger charge is 2.28. The molecule has 192 valence electrons. The molecule has 0 spiro atoms. The van der Waals surface area contributed by atoms with Gasteiger partial charge in [0.15, 0.2) is 5.58 Å². The molecule has 4 aromatic rings. The fourth-order valence-corrected chi connectivity index (χ4v) is 5.10. The largest absolute Gasteiger partial charge is 0.436 e. The number of carbonyl (C=O) groups excluding carboxylic acids is 1. The van der Waals surface area contributed by atoms with Crippen LogP contribution in [0.2, 0.25) is 0 Å². The lowest BCUT2D eigenvalue weighted by atomic mass is 9.96. The molecule has 2 fully saturated rings. The van der Waals surface area contributed by atoms with Gasteiger partial charge in [-0.25, -0.2) is 14.4 Å². The van der Waals surface area contributed by atoms with Crippen molar-refractivity contribution in [3.63, 3.8) is 0 Å². The van der Waals surface area contributed by atoms with Crippen molar-refractivity contribution in [3.05, 3.63) is 77.0 Å². The second-order valence-corrected chi connectivity index (χ2v) is 10.2. The molecule has 8 heteroatoms. The maximum Gasteiger partial charge on any atom is 0.251 e. The van der Waals surface area contributed by atoms with Gasteiger partial charge in [-0.2, -0.15) is 5.26 Å². The molecule has 1 N–H and O–H groups in total. The van der Waals surface area contributed by atoms with Crippen LogP contribution in [0, 0.1) is 17.2 Å². The van der Waals surface area contributed by atoms with Crippen LogP contribution in [0.25, 0.3) is 22.6 Å². The van der Waals surface area contributed by atoms with Crippen LogP contribution in [-0.2, 0) is 6.67 Å². The number of hydrogen-bond donors (Lipinski definition) is 1. The first-order chi connectivity index (χ1) is 18.6. The topological polar surface area (TPSA) is 95.0 Å². The van der Waals surface area contributed by atoms with Crippen molar-refractivity contribution in [1.29, 1.82) is 5.26 Å². The molecule has 0 radical (unpaired) electrons. The van der Waals surface area contributed by atoms with Gasteiger partial charge in [-0.15, -0.1) is 0 Å². The van der Waals surface area contributed by atoms with Crippen molar-refractivity contribution in [3.8, 4) is 17.5 Å². The molecule has 3 heterocycles. The van der Waals surface area contributed by atoms with E-state index in [1.807, 2.05) is 24.3 Å². The summed E-state index contributed by atoms with van der Waals surface area (Å²) in [6.07, 6.45) is 5.72. The maximum atomic E-state index is 12.8. The smallest absolute Gasteiger partial charge is 0.251 e. The van der Waals surface area contributed by atoms with Crippen LogP contribution in [-0.4, -0.2) is 35.5 Å². The standard InChI is InChI=1S/C30H28FN5O2/c31-15-20-1-8-27(33-18-20)36-11-9-19(10-12-36)17-34-29(37)23-4-6-24(7-5-23)30-35-26-14-21(16-32)13-25(22-2-3-22)28(26)38-30/h1,4-8,13-14,18-19,22H,2-3,9-12,15,17H2,(H,34,37). The summed E-state index contributed by atoms with van der Waals surface area (Å²) in [5, 5.41) is 12.4. The SMILES string of the molecule is N#Cc1cc(C2CC2)c2oc(-c3ccc(C(=O)NCC4CCN(c5ccc(CF)cn5)CC4)cc3)nc2c1. The van der Waals surface area contributed by atoms with E-state index >= 15 is 0 Å². The lowest BCUT2D eigenvalue weighted by molar-refractivity contribution is 0.0945. The van der Waals surface area contributed by atoms with Crippen molar-refractivity contribution in [2.45, 2.75) is 38.3 Å². The molecule has 1 aliphatic carbocycles. The number of piperidine rings is 1. The Hall–Kier alpha value is -4.25. The van der Waals surface area contributed by atoms with Crippen LogP contribution in [0.3, 0.4) is 0 Å². The lowest BCUT2D eigenvalue weighted by Gasteiger charge is -2.32. The predicted octanol–water partition coefficient (Wildman–Crippen LogP) is 5.75. The van der Waals surface area contributed by atoms with Crippen LogP contribution in [0.1, 0.15) is 58.6 Å². The number of carbonyl (C=O) groups is 1. The first-order valence-electron chi connectivity index (χ1n) is 13.1. The third-order valence-corrected chi connectivity index (χ3v) is 7.51. The second-order valence-electron chi connectivity index (χ2n) is 10.2. The highest BCUT2D eigenvalue weighted by atomic mass is 19.1. The molecule has 0 atom stereocenters. The summed E-state index contributed by atoms with van der Waals surface area (Å²) in [6.45, 7) is 1.85. The maximum absolute atomic E-state index is 12.8. The molecule has 1 amide bonds. The summed E-state index contributed by atoms with van der Waals surface area (Å²) in [5.41, 5.74) is 5.07. The molecule has 0 unspecified atom stereocenters. The lowest BCUT2D eigenvalue weighted by Crippen LogP contribution is -2.39. The Labute approximate surface area is 220 Å². The Morgan fingerprint density at radius 3 is 2.55 bits per heavy atom. The van der Waals surface area contributed by atoms with Gasteiger partial charge >= 0.3 is 0 Å². The highest BCUT2D eigenvalue weighted by molar-refractivity contribution is 5.94. The highest BCUT2D eigenvalue weighted by Crippen LogP contribution is 2.44. The van der Waals surface area contributed by atoms with Crippen LogP contribution in [0.5, 0.6) is 0 Å². The summed E-state index contributed by atoms with van der Waals surface area (Å²) in [5.74, 6) is 2.10. The van der Waals surface area contributed by atoms with Crippen LogP contribution in [0.15, 0.2) is 59.1 Å². The number of amides is 1. The minimum absolute atomic E-state index is 0.102. The molecule has 6 rings (SSSR count). The fourth-order valence-electron chi connectivity index (χ4n) is 5.10. The van der Waals surface area contributed by atoms with E-state index in [0.29, 0.717) is 46.5 Å². The number of oxazole rings is 1.